The standard InChI is InChI=1S/C13H17F3INO/c1-9(2)12(7-17)18-8-10-3-5-11(6-4-10)19-13(14,15)16/h3-6,9,12,18H,7-8H2,1-2H3. The van der Waals surface area contributed by atoms with Crippen LogP contribution in [0.1, 0.15) is 19.4 Å². The highest BCUT2D eigenvalue weighted by Gasteiger charge is 2.30. The number of nitrogens with one attached hydrogen (secondary N) is 1. The third kappa shape index (κ3) is 6.47. The van der Waals surface area contributed by atoms with Crippen LogP contribution in [0.3, 0.4) is 0 Å². The highest BCUT2D eigenvalue weighted by atomic mass is 127. The Balaban J connectivity index is 2.53. The van der Waals surface area contributed by atoms with E-state index in [-0.39, 0.29) is 5.75 Å². The molecule has 108 valence electrons. The fourth-order valence-electron chi connectivity index (χ4n) is 1.53. The molecule has 1 aromatic carbocycles. The highest BCUT2D eigenvalue weighted by molar-refractivity contribution is 14.1. The van der Waals surface area contributed by atoms with Gasteiger partial charge in [-0.25, -0.2) is 0 Å². The van der Waals surface area contributed by atoms with Crippen LogP contribution in [0, 0.1) is 5.92 Å². The number of alkyl halides is 4. The topological polar surface area (TPSA) is 21.3 Å². The largest absolute Gasteiger partial charge is 0.573 e. The lowest BCUT2D eigenvalue weighted by molar-refractivity contribution is -0.274. The van der Waals surface area contributed by atoms with Crippen molar-refractivity contribution < 1.29 is 17.9 Å². The Morgan fingerprint density at radius 1 is 1.21 bits per heavy atom. The van der Waals surface area contributed by atoms with Crippen LogP contribution >= 0.6 is 22.6 Å². The fraction of sp³-hybridized carbons (Fsp3) is 0.538. The second-order valence-electron chi connectivity index (χ2n) is 4.58. The van der Waals surface area contributed by atoms with E-state index in [1.165, 1.54) is 12.1 Å². The summed E-state index contributed by atoms with van der Waals surface area (Å²) < 4.78 is 40.8. The maximum absolute atomic E-state index is 12.0. The lowest BCUT2D eigenvalue weighted by atomic mass is 10.1. The minimum absolute atomic E-state index is 0.189. The molecule has 2 nitrogen and oxygen atoms in total. The van der Waals surface area contributed by atoms with E-state index in [0.29, 0.717) is 18.5 Å². The first-order valence-electron chi connectivity index (χ1n) is 5.96. The van der Waals surface area contributed by atoms with Crippen LogP contribution < -0.4 is 10.1 Å². The number of benzene rings is 1. The molecule has 0 aromatic heterocycles. The molecule has 0 radical (unpaired) electrons. The Labute approximate surface area is 124 Å². The summed E-state index contributed by atoms with van der Waals surface area (Å²) in [6.45, 7) is 4.91. The van der Waals surface area contributed by atoms with E-state index < -0.39 is 6.36 Å². The van der Waals surface area contributed by atoms with Crippen molar-refractivity contribution >= 4 is 22.6 Å². The molecular weight excluding hydrogens is 370 g/mol. The van der Waals surface area contributed by atoms with Gasteiger partial charge < -0.3 is 10.1 Å². The van der Waals surface area contributed by atoms with Crippen molar-refractivity contribution in [1.82, 2.24) is 5.32 Å². The first-order chi connectivity index (χ1) is 8.81. The van der Waals surface area contributed by atoms with E-state index in [1.54, 1.807) is 12.1 Å². The van der Waals surface area contributed by atoms with Crippen LogP contribution in [-0.4, -0.2) is 16.8 Å². The zero-order valence-corrected chi connectivity index (χ0v) is 13.0. The maximum Gasteiger partial charge on any atom is 0.573 e. The Hall–Kier alpha value is -0.500. The molecule has 19 heavy (non-hydrogen) atoms. The number of ether oxygens (including phenoxy) is 1. The van der Waals surface area contributed by atoms with E-state index in [2.05, 4.69) is 46.5 Å². The van der Waals surface area contributed by atoms with Crippen LogP contribution in [0.25, 0.3) is 0 Å². The summed E-state index contributed by atoms with van der Waals surface area (Å²) in [7, 11) is 0. The molecule has 1 rings (SSSR count). The van der Waals surface area contributed by atoms with Crippen molar-refractivity contribution in [3.63, 3.8) is 0 Å². The Bertz CT molecular complexity index is 378. The van der Waals surface area contributed by atoms with E-state index in [9.17, 15) is 13.2 Å². The number of halogens is 4. The van der Waals surface area contributed by atoms with Crippen molar-refractivity contribution in [1.29, 1.82) is 0 Å². The van der Waals surface area contributed by atoms with Gasteiger partial charge in [-0.2, -0.15) is 0 Å². The van der Waals surface area contributed by atoms with Crippen LogP contribution in [0.2, 0.25) is 0 Å². The lowest BCUT2D eigenvalue weighted by Gasteiger charge is -2.20. The molecule has 0 aliphatic heterocycles. The maximum atomic E-state index is 12.0. The second-order valence-corrected chi connectivity index (χ2v) is 5.46. The zero-order valence-electron chi connectivity index (χ0n) is 10.8. The highest BCUT2D eigenvalue weighted by Crippen LogP contribution is 2.22. The first-order valence-corrected chi connectivity index (χ1v) is 7.48. The van der Waals surface area contributed by atoms with Gasteiger partial charge in [0.2, 0.25) is 0 Å². The molecule has 0 aliphatic rings. The third-order valence-corrected chi connectivity index (χ3v) is 3.65. The van der Waals surface area contributed by atoms with E-state index in [4.69, 9.17) is 0 Å². The number of hydrogen-bond acceptors (Lipinski definition) is 2. The molecule has 1 unspecified atom stereocenters. The van der Waals surface area contributed by atoms with E-state index in [0.717, 1.165) is 9.99 Å². The Kier molecular flexibility index (Phi) is 6.38. The molecule has 0 bridgehead atoms. The van der Waals surface area contributed by atoms with Crippen LogP contribution in [-0.2, 0) is 6.54 Å². The van der Waals surface area contributed by atoms with Gasteiger partial charge in [0.15, 0.2) is 0 Å². The van der Waals surface area contributed by atoms with Gasteiger partial charge in [0, 0.05) is 17.0 Å². The van der Waals surface area contributed by atoms with E-state index >= 15 is 0 Å². The fourth-order valence-corrected chi connectivity index (χ4v) is 2.85. The summed E-state index contributed by atoms with van der Waals surface area (Å²) in [5.74, 6) is 0.329. The molecule has 1 aromatic rings. The van der Waals surface area contributed by atoms with Crippen molar-refractivity contribution in [3.8, 4) is 5.75 Å². The molecule has 0 amide bonds. The summed E-state index contributed by atoms with van der Waals surface area (Å²) in [4.78, 5) is 0. The molecule has 0 saturated heterocycles. The minimum atomic E-state index is -4.64. The van der Waals surface area contributed by atoms with Gasteiger partial charge in [0.25, 0.3) is 0 Å². The third-order valence-electron chi connectivity index (χ3n) is 2.70. The summed E-state index contributed by atoms with van der Waals surface area (Å²) >= 11 is 2.32. The zero-order chi connectivity index (χ0) is 14.5. The van der Waals surface area contributed by atoms with Crippen LogP contribution in [0.4, 0.5) is 13.2 Å². The van der Waals surface area contributed by atoms with Crippen LogP contribution in [0.15, 0.2) is 24.3 Å². The number of hydrogen-bond donors (Lipinski definition) is 1. The molecule has 0 heterocycles. The normalized spacial score (nSPS) is 13.6. The van der Waals surface area contributed by atoms with Gasteiger partial charge in [0.1, 0.15) is 5.75 Å². The average Bonchev–Trinajstić information content (AvgIpc) is 2.29. The summed E-state index contributed by atoms with van der Waals surface area (Å²) in [5.41, 5.74) is 0.935. The Morgan fingerprint density at radius 3 is 2.21 bits per heavy atom. The molecule has 0 spiro atoms. The quantitative estimate of drug-likeness (QED) is 0.586. The number of rotatable bonds is 6. The predicted molar refractivity (Wildman–Crippen MR) is 77.5 cm³/mol. The SMILES string of the molecule is CC(C)C(CI)NCc1ccc(OC(F)(F)F)cc1. The van der Waals surface area contributed by atoms with E-state index in [1.807, 2.05) is 0 Å². The van der Waals surface area contributed by atoms with Gasteiger partial charge in [-0.05, 0) is 23.6 Å². The first kappa shape index (κ1) is 16.6. The predicted octanol–water partition coefficient (Wildman–Crippen LogP) is 4.13. The molecule has 1 atom stereocenters. The molecule has 0 aliphatic carbocycles. The summed E-state index contributed by atoms with van der Waals surface area (Å²) in [6, 6.07) is 6.33. The molecule has 0 saturated carbocycles. The van der Waals surface area contributed by atoms with Crippen molar-refractivity contribution in [2.24, 2.45) is 5.92 Å². The molecule has 6 heteroatoms. The van der Waals surface area contributed by atoms with Crippen molar-refractivity contribution in [2.75, 3.05) is 4.43 Å². The average molecular weight is 387 g/mol. The summed E-state index contributed by atoms with van der Waals surface area (Å²) in [6.07, 6.45) is -4.64. The lowest BCUT2D eigenvalue weighted by Crippen LogP contribution is -2.34. The summed E-state index contributed by atoms with van der Waals surface area (Å²) in [5, 5.41) is 3.38. The van der Waals surface area contributed by atoms with Gasteiger partial charge in [-0.15, -0.1) is 13.2 Å². The molecule has 1 N–H and O–H groups in total. The van der Waals surface area contributed by atoms with Crippen LogP contribution in [0.5, 0.6) is 5.75 Å². The molecule has 0 fully saturated rings. The molecular formula is C13H17F3INO. The van der Waals surface area contributed by atoms with Gasteiger partial charge in [-0.3, -0.25) is 0 Å². The van der Waals surface area contributed by atoms with Gasteiger partial charge in [-0.1, -0.05) is 48.6 Å². The van der Waals surface area contributed by atoms with Gasteiger partial charge in [0.05, 0.1) is 0 Å². The van der Waals surface area contributed by atoms with Crippen molar-refractivity contribution in [3.05, 3.63) is 29.8 Å². The monoisotopic (exact) mass is 387 g/mol. The minimum Gasteiger partial charge on any atom is -0.406 e. The van der Waals surface area contributed by atoms with Crippen molar-refractivity contribution in [2.45, 2.75) is 32.8 Å². The van der Waals surface area contributed by atoms with Gasteiger partial charge >= 0.3 is 6.36 Å². The smallest absolute Gasteiger partial charge is 0.406 e. The second kappa shape index (κ2) is 7.33. The Morgan fingerprint density at radius 2 is 1.79 bits per heavy atom.